The summed E-state index contributed by atoms with van der Waals surface area (Å²) in [6.07, 6.45) is 11.8. The van der Waals surface area contributed by atoms with Crippen LogP contribution in [-0.2, 0) is 9.59 Å². The van der Waals surface area contributed by atoms with Crippen molar-refractivity contribution in [3.8, 4) is 0 Å². The first kappa shape index (κ1) is 19.7. The van der Waals surface area contributed by atoms with Gasteiger partial charge in [-0.1, -0.05) is 19.3 Å². The van der Waals surface area contributed by atoms with E-state index in [-0.39, 0.29) is 17.9 Å². The van der Waals surface area contributed by atoms with E-state index in [0.29, 0.717) is 36.8 Å². The smallest absolute Gasteiger partial charge is 0.225 e. The van der Waals surface area contributed by atoms with Crippen molar-refractivity contribution in [1.82, 2.24) is 10.2 Å². The number of rotatable bonds is 5. The molecule has 3 fully saturated rings. The fourth-order valence-corrected chi connectivity index (χ4v) is 5.28. The number of nitrogens with zero attached hydrogens (tertiary/aromatic N) is 1. The Hall–Kier alpha value is -1.10. The average molecular weight is 364 g/mol. The highest BCUT2D eigenvalue weighted by Crippen LogP contribution is 2.31. The fraction of sp³-hybridized carbons (Fsp3) is 0.905. The molecule has 0 aromatic rings. The Morgan fingerprint density at radius 2 is 1.69 bits per heavy atom. The van der Waals surface area contributed by atoms with Gasteiger partial charge in [-0.25, -0.2) is 0 Å². The Bertz CT molecular complexity index is 482. The monoisotopic (exact) mass is 363 g/mol. The predicted octanol–water partition coefficient (Wildman–Crippen LogP) is 2.83. The molecule has 2 aliphatic carbocycles. The van der Waals surface area contributed by atoms with Crippen LogP contribution in [0.2, 0.25) is 0 Å². The lowest BCUT2D eigenvalue weighted by Gasteiger charge is -2.33. The maximum atomic E-state index is 12.9. The number of carbonyl (C=O) groups excluding carboxylic acids is 2. The second-order valence-corrected chi connectivity index (χ2v) is 9.00. The van der Waals surface area contributed by atoms with E-state index in [1.165, 1.54) is 32.1 Å². The van der Waals surface area contributed by atoms with Gasteiger partial charge in [-0.05, 0) is 70.3 Å². The van der Waals surface area contributed by atoms with E-state index in [9.17, 15) is 9.59 Å². The third kappa shape index (κ3) is 4.99. The summed E-state index contributed by atoms with van der Waals surface area (Å²) in [5.74, 6) is 1.74. The van der Waals surface area contributed by atoms with Gasteiger partial charge >= 0.3 is 0 Å². The number of nitrogens with two attached hydrogens (primary N) is 1. The van der Waals surface area contributed by atoms with Crippen molar-refractivity contribution in [1.29, 1.82) is 0 Å². The molecule has 3 rings (SSSR count). The molecule has 0 spiro atoms. The van der Waals surface area contributed by atoms with Gasteiger partial charge in [0.1, 0.15) is 0 Å². The van der Waals surface area contributed by atoms with E-state index in [1.807, 2.05) is 0 Å². The second-order valence-electron chi connectivity index (χ2n) is 9.00. The normalized spacial score (nSPS) is 33.2. The Morgan fingerprint density at radius 1 is 1.00 bits per heavy atom. The highest BCUT2D eigenvalue weighted by Gasteiger charge is 2.36. The minimum absolute atomic E-state index is 0.139. The molecule has 1 heterocycles. The summed E-state index contributed by atoms with van der Waals surface area (Å²) in [7, 11) is 0. The zero-order valence-electron chi connectivity index (χ0n) is 16.4. The maximum absolute atomic E-state index is 12.9. The van der Waals surface area contributed by atoms with Crippen LogP contribution in [0.4, 0.5) is 0 Å². The quantitative estimate of drug-likeness (QED) is 0.789. The van der Waals surface area contributed by atoms with Crippen LogP contribution in [0.1, 0.15) is 77.6 Å². The first-order valence-electron chi connectivity index (χ1n) is 10.9. The molecule has 2 saturated carbocycles. The Labute approximate surface area is 158 Å². The van der Waals surface area contributed by atoms with Gasteiger partial charge in [0.05, 0.1) is 0 Å². The van der Waals surface area contributed by atoms with E-state index < -0.39 is 0 Å². The molecule has 5 heteroatoms. The minimum Gasteiger partial charge on any atom is -0.353 e. The van der Waals surface area contributed by atoms with Crippen molar-refractivity contribution in [2.75, 3.05) is 13.1 Å². The van der Waals surface area contributed by atoms with Crippen LogP contribution in [0.5, 0.6) is 0 Å². The molecule has 2 atom stereocenters. The molecule has 3 N–H and O–H groups in total. The third-order valence-corrected chi connectivity index (χ3v) is 6.92. The van der Waals surface area contributed by atoms with Crippen LogP contribution in [0, 0.1) is 17.8 Å². The van der Waals surface area contributed by atoms with Gasteiger partial charge < -0.3 is 16.0 Å². The van der Waals surface area contributed by atoms with E-state index in [1.54, 1.807) is 0 Å². The first-order chi connectivity index (χ1) is 12.6. The highest BCUT2D eigenvalue weighted by atomic mass is 16.2. The molecule has 148 valence electrons. The van der Waals surface area contributed by atoms with E-state index >= 15 is 0 Å². The summed E-state index contributed by atoms with van der Waals surface area (Å²) in [5, 5.41) is 3.24. The van der Waals surface area contributed by atoms with Crippen molar-refractivity contribution >= 4 is 11.8 Å². The zero-order chi connectivity index (χ0) is 18.5. The molecule has 0 radical (unpaired) electrons. The van der Waals surface area contributed by atoms with Gasteiger partial charge in [-0.15, -0.1) is 0 Å². The van der Waals surface area contributed by atoms with E-state index in [2.05, 4.69) is 17.1 Å². The Morgan fingerprint density at radius 3 is 2.31 bits per heavy atom. The fourth-order valence-electron chi connectivity index (χ4n) is 5.28. The van der Waals surface area contributed by atoms with Crippen LogP contribution in [-0.4, -0.2) is 41.9 Å². The van der Waals surface area contributed by atoms with Crippen LogP contribution in [0.25, 0.3) is 0 Å². The lowest BCUT2D eigenvalue weighted by molar-refractivity contribution is -0.137. The number of likely N-dealkylation sites (tertiary alicyclic amines) is 1. The topological polar surface area (TPSA) is 75.4 Å². The van der Waals surface area contributed by atoms with E-state index in [4.69, 9.17) is 5.73 Å². The zero-order valence-corrected chi connectivity index (χ0v) is 16.4. The highest BCUT2D eigenvalue weighted by molar-refractivity contribution is 5.80. The van der Waals surface area contributed by atoms with Crippen LogP contribution < -0.4 is 11.1 Å². The van der Waals surface area contributed by atoms with Gasteiger partial charge in [0.25, 0.3) is 0 Å². The number of carbonyl (C=O) groups is 2. The van der Waals surface area contributed by atoms with Crippen molar-refractivity contribution < 1.29 is 9.59 Å². The summed E-state index contributed by atoms with van der Waals surface area (Å²) >= 11 is 0. The van der Waals surface area contributed by atoms with Crippen LogP contribution in [0.3, 0.4) is 0 Å². The molecule has 2 unspecified atom stereocenters. The molecule has 0 aromatic carbocycles. The third-order valence-electron chi connectivity index (χ3n) is 6.92. The predicted molar refractivity (Wildman–Crippen MR) is 103 cm³/mol. The molecular weight excluding hydrogens is 326 g/mol. The molecule has 3 aliphatic rings. The van der Waals surface area contributed by atoms with Crippen molar-refractivity contribution in [3.05, 3.63) is 0 Å². The Kier molecular flexibility index (Phi) is 6.96. The first-order valence-corrected chi connectivity index (χ1v) is 10.9. The summed E-state index contributed by atoms with van der Waals surface area (Å²) in [6.45, 7) is 3.65. The van der Waals surface area contributed by atoms with Gasteiger partial charge in [0, 0.05) is 31.0 Å². The SMILES string of the molecule is CC1CC(CN)CN1C(=O)C1CCC(NC(=O)CC2CCCCC2)CC1. The van der Waals surface area contributed by atoms with Crippen LogP contribution >= 0.6 is 0 Å². The molecule has 2 amide bonds. The molecule has 0 aromatic heterocycles. The number of hydrogen-bond acceptors (Lipinski definition) is 3. The second kappa shape index (κ2) is 9.20. The minimum atomic E-state index is 0.139. The van der Waals surface area contributed by atoms with Crippen molar-refractivity contribution in [2.45, 2.75) is 89.6 Å². The van der Waals surface area contributed by atoms with Crippen LogP contribution in [0.15, 0.2) is 0 Å². The molecule has 0 bridgehead atoms. The Balaban J connectivity index is 1.39. The maximum Gasteiger partial charge on any atom is 0.225 e. The number of amides is 2. The van der Waals surface area contributed by atoms with E-state index in [0.717, 1.165) is 38.6 Å². The summed E-state index contributed by atoms with van der Waals surface area (Å²) in [5.41, 5.74) is 5.79. The largest absolute Gasteiger partial charge is 0.353 e. The van der Waals surface area contributed by atoms with Crippen molar-refractivity contribution in [2.24, 2.45) is 23.5 Å². The molecule has 5 nitrogen and oxygen atoms in total. The van der Waals surface area contributed by atoms with Gasteiger partial charge in [0.2, 0.25) is 11.8 Å². The molecular formula is C21H37N3O2. The average Bonchev–Trinajstić information content (AvgIpc) is 3.03. The van der Waals surface area contributed by atoms with Crippen molar-refractivity contribution in [3.63, 3.8) is 0 Å². The van der Waals surface area contributed by atoms with Gasteiger partial charge in [-0.2, -0.15) is 0 Å². The molecule has 1 saturated heterocycles. The lowest BCUT2D eigenvalue weighted by atomic mass is 9.84. The molecule has 1 aliphatic heterocycles. The molecule has 26 heavy (non-hydrogen) atoms. The van der Waals surface area contributed by atoms with Gasteiger partial charge in [-0.3, -0.25) is 9.59 Å². The number of nitrogens with one attached hydrogen (secondary N) is 1. The summed E-state index contributed by atoms with van der Waals surface area (Å²) < 4.78 is 0. The van der Waals surface area contributed by atoms with Gasteiger partial charge in [0.15, 0.2) is 0 Å². The number of hydrogen-bond donors (Lipinski definition) is 2. The summed E-state index contributed by atoms with van der Waals surface area (Å²) in [6, 6.07) is 0.590. The standard InChI is InChI=1S/C21H37N3O2/c1-15-11-17(13-22)14-24(15)21(26)18-7-9-19(10-8-18)23-20(25)12-16-5-3-2-4-6-16/h15-19H,2-14,22H2,1H3,(H,23,25). The lowest BCUT2D eigenvalue weighted by Crippen LogP contribution is -2.43. The summed E-state index contributed by atoms with van der Waals surface area (Å²) in [4.78, 5) is 27.2.